The third-order valence-electron chi connectivity index (χ3n) is 3.23. The lowest BCUT2D eigenvalue weighted by atomic mass is 10.1. The molecule has 4 nitrogen and oxygen atoms in total. The summed E-state index contributed by atoms with van der Waals surface area (Å²) in [6.45, 7) is 5.79. The Morgan fingerprint density at radius 1 is 1.65 bits per heavy atom. The lowest BCUT2D eigenvalue weighted by Crippen LogP contribution is -2.33. The van der Waals surface area contributed by atoms with Gasteiger partial charge in [0.25, 0.3) is 0 Å². The molecule has 94 valence electrons. The van der Waals surface area contributed by atoms with Crippen LogP contribution in [0.4, 0.5) is 0 Å². The average Bonchev–Trinajstić information content (AvgIpc) is 2.79. The number of esters is 1. The summed E-state index contributed by atoms with van der Waals surface area (Å²) >= 11 is 0. The van der Waals surface area contributed by atoms with Crippen LogP contribution in [0.1, 0.15) is 20.3 Å². The molecule has 0 aromatic carbocycles. The maximum absolute atomic E-state index is 11.4. The number of ether oxygens (including phenoxy) is 1. The van der Waals surface area contributed by atoms with Gasteiger partial charge in [-0.05, 0) is 25.8 Å². The van der Waals surface area contributed by atoms with Gasteiger partial charge in [0.15, 0.2) is 0 Å². The molecule has 0 radical (unpaired) electrons. The highest BCUT2D eigenvalue weighted by atomic mass is 16.5. The maximum atomic E-state index is 11.4. The van der Waals surface area contributed by atoms with Crippen molar-refractivity contribution in [3.63, 3.8) is 0 Å². The van der Waals surface area contributed by atoms with Crippen molar-refractivity contribution in [2.45, 2.75) is 32.4 Å². The second kappa shape index (κ2) is 5.02. The average molecular weight is 237 g/mol. The molecule has 1 saturated heterocycles. The van der Waals surface area contributed by atoms with E-state index in [0.717, 1.165) is 30.7 Å². The zero-order valence-corrected chi connectivity index (χ0v) is 10.3. The van der Waals surface area contributed by atoms with Crippen molar-refractivity contribution in [3.05, 3.63) is 23.3 Å². The molecular formula is C13H19NO3. The molecule has 1 fully saturated rings. The van der Waals surface area contributed by atoms with E-state index in [9.17, 15) is 9.90 Å². The Hall–Kier alpha value is -1.13. The third kappa shape index (κ3) is 2.76. The Bertz CT molecular complexity index is 369. The van der Waals surface area contributed by atoms with Crippen molar-refractivity contribution in [2.75, 3.05) is 19.7 Å². The van der Waals surface area contributed by atoms with Gasteiger partial charge in [0, 0.05) is 19.2 Å². The molecule has 0 aromatic heterocycles. The highest BCUT2D eigenvalue weighted by Crippen LogP contribution is 2.29. The molecule has 2 unspecified atom stereocenters. The molecule has 0 spiro atoms. The van der Waals surface area contributed by atoms with Gasteiger partial charge < -0.3 is 9.84 Å². The number of hydrogen-bond acceptors (Lipinski definition) is 4. The van der Waals surface area contributed by atoms with Crippen LogP contribution in [0, 0.1) is 0 Å². The summed E-state index contributed by atoms with van der Waals surface area (Å²) in [6, 6.07) is 0.0644. The number of aliphatic hydroxyl groups is 1. The molecule has 1 N–H and O–H groups in total. The Kier molecular flexibility index (Phi) is 3.64. The highest BCUT2D eigenvalue weighted by Gasteiger charge is 2.38. The first-order valence-corrected chi connectivity index (χ1v) is 6.00. The van der Waals surface area contributed by atoms with Crippen molar-refractivity contribution < 1.29 is 14.6 Å². The van der Waals surface area contributed by atoms with E-state index in [2.05, 4.69) is 11.0 Å². The molecule has 4 heteroatoms. The van der Waals surface area contributed by atoms with Gasteiger partial charge >= 0.3 is 5.97 Å². The summed E-state index contributed by atoms with van der Waals surface area (Å²) in [4.78, 5) is 13.6. The summed E-state index contributed by atoms with van der Waals surface area (Å²) in [6.07, 6.45) is 4.04. The SMILES string of the molecule is CC(C)=CC(=O)OCC1=CCN2CCC(O)C12. The number of nitrogens with zero attached hydrogens (tertiary/aromatic N) is 1. The topological polar surface area (TPSA) is 49.8 Å². The van der Waals surface area contributed by atoms with Gasteiger partial charge in [-0.15, -0.1) is 0 Å². The summed E-state index contributed by atoms with van der Waals surface area (Å²) in [7, 11) is 0. The van der Waals surface area contributed by atoms with Gasteiger partial charge in [-0.3, -0.25) is 4.90 Å². The fourth-order valence-electron chi connectivity index (χ4n) is 2.46. The largest absolute Gasteiger partial charge is 0.458 e. The van der Waals surface area contributed by atoms with Gasteiger partial charge in [-0.2, -0.15) is 0 Å². The normalized spacial score (nSPS) is 27.6. The van der Waals surface area contributed by atoms with Crippen LogP contribution in [0.3, 0.4) is 0 Å². The number of carbonyl (C=O) groups excluding carboxylic acids is 1. The van der Waals surface area contributed by atoms with Crippen LogP contribution in [0.5, 0.6) is 0 Å². The van der Waals surface area contributed by atoms with E-state index in [1.54, 1.807) is 0 Å². The fraction of sp³-hybridized carbons (Fsp3) is 0.615. The Morgan fingerprint density at radius 2 is 2.41 bits per heavy atom. The number of fused-ring (bicyclic) bond motifs is 1. The molecule has 0 aliphatic carbocycles. The first kappa shape index (κ1) is 12.3. The van der Waals surface area contributed by atoms with E-state index < -0.39 is 0 Å². The maximum Gasteiger partial charge on any atom is 0.331 e. The molecular weight excluding hydrogens is 218 g/mol. The molecule has 0 saturated carbocycles. The third-order valence-corrected chi connectivity index (χ3v) is 3.23. The molecule has 17 heavy (non-hydrogen) atoms. The van der Waals surface area contributed by atoms with Crippen LogP contribution in [0.2, 0.25) is 0 Å². The summed E-state index contributed by atoms with van der Waals surface area (Å²) < 4.78 is 5.17. The minimum Gasteiger partial charge on any atom is -0.458 e. The Morgan fingerprint density at radius 3 is 3.12 bits per heavy atom. The second-order valence-corrected chi connectivity index (χ2v) is 4.90. The van der Waals surface area contributed by atoms with E-state index in [0.29, 0.717) is 6.61 Å². The van der Waals surface area contributed by atoms with Gasteiger partial charge in [0.2, 0.25) is 0 Å². The van der Waals surface area contributed by atoms with Gasteiger partial charge in [0.05, 0.1) is 12.1 Å². The first-order valence-electron chi connectivity index (χ1n) is 6.00. The van der Waals surface area contributed by atoms with E-state index >= 15 is 0 Å². The predicted molar refractivity (Wildman–Crippen MR) is 64.5 cm³/mol. The van der Waals surface area contributed by atoms with Gasteiger partial charge in [0.1, 0.15) is 6.61 Å². The van der Waals surface area contributed by atoms with Crippen LogP contribution >= 0.6 is 0 Å². The first-order chi connectivity index (χ1) is 8.08. The number of aliphatic hydroxyl groups excluding tert-OH is 1. The van der Waals surface area contributed by atoms with Crippen molar-refractivity contribution in [2.24, 2.45) is 0 Å². The summed E-state index contributed by atoms with van der Waals surface area (Å²) in [5.74, 6) is -0.308. The van der Waals surface area contributed by atoms with E-state index in [-0.39, 0.29) is 18.1 Å². The van der Waals surface area contributed by atoms with Crippen molar-refractivity contribution in [1.29, 1.82) is 0 Å². The standard InChI is InChI=1S/C13H19NO3/c1-9(2)7-12(16)17-8-10-3-5-14-6-4-11(15)13(10)14/h3,7,11,13,15H,4-6,8H2,1-2H3. The molecule has 2 atom stereocenters. The molecule has 2 aliphatic heterocycles. The fourth-order valence-corrected chi connectivity index (χ4v) is 2.46. The molecule has 0 amide bonds. The van der Waals surface area contributed by atoms with Crippen molar-refractivity contribution in [1.82, 2.24) is 4.90 Å². The monoisotopic (exact) mass is 237 g/mol. The number of carbonyl (C=O) groups is 1. The van der Waals surface area contributed by atoms with Crippen molar-refractivity contribution in [3.8, 4) is 0 Å². The van der Waals surface area contributed by atoms with Crippen LogP contribution in [-0.4, -0.2) is 47.8 Å². The summed E-state index contributed by atoms with van der Waals surface area (Å²) in [5, 5.41) is 9.85. The van der Waals surface area contributed by atoms with E-state index in [1.165, 1.54) is 6.08 Å². The highest BCUT2D eigenvalue weighted by molar-refractivity contribution is 5.82. The number of rotatable bonds is 3. The minimum absolute atomic E-state index is 0.0644. The lowest BCUT2D eigenvalue weighted by molar-refractivity contribution is -0.137. The summed E-state index contributed by atoms with van der Waals surface area (Å²) in [5.41, 5.74) is 1.96. The van der Waals surface area contributed by atoms with Crippen LogP contribution in [0.25, 0.3) is 0 Å². The predicted octanol–water partition coefficient (Wildman–Crippen LogP) is 0.871. The zero-order chi connectivity index (χ0) is 12.4. The number of allylic oxidation sites excluding steroid dienone is 1. The molecule has 2 rings (SSSR count). The Labute approximate surface area is 102 Å². The van der Waals surface area contributed by atoms with Crippen molar-refractivity contribution >= 4 is 5.97 Å². The van der Waals surface area contributed by atoms with Gasteiger partial charge in [-0.25, -0.2) is 4.79 Å². The molecule has 0 aromatic rings. The Balaban J connectivity index is 1.88. The van der Waals surface area contributed by atoms with Crippen LogP contribution in [0.15, 0.2) is 23.3 Å². The van der Waals surface area contributed by atoms with Crippen LogP contribution < -0.4 is 0 Å². The second-order valence-electron chi connectivity index (χ2n) is 4.90. The van der Waals surface area contributed by atoms with E-state index in [4.69, 9.17) is 4.74 Å². The molecule has 0 bridgehead atoms. The molecule has 2 aliphatic rings. The number of hydrogen-bond donors (Lipinski definition) is 1. The lowest BCUT2D eigenvalue weighted by Gasteiger charge is -2.20. The van der Waals surface area contributed by atoms with E-state index in [1.807, 2.05) is 13.8 Å². The quantitative estimate of drug-likeness (QED) is 0.449. The van der Waals surface area contributed by atoms with Gasteiger partial charge in [-0.1, -0.05) is 11.6 Å². The zero-order valence-electron chi connectivity index (χ0n) is 10.3. The van der Waals surface area contributed by atoms with Crippen LogP contribution in [-0.2, 0) is 9.53 Å². The smallest absolute Gasteiger partial charge is 0.331 e. The minimum atomic E-state index is -0.314. The molecule has 2 heterocycles.